The molecule has 0 heterocycles. The number of thiol groups is 1. The van der Waals surface area contributed by atoms with Gasteiger partial charge in [0.15, 0.2) is 0 Å². The maximum Gasteiger partial charge on any atom is 0.0172 e. The van der Waals surface area contributed by atoms with Crippen molar-refractivity contribution in [1.82, 2.24) is 0 Å². The van der Waals surface area contributed by atoms with E-state index in [2.05, 4.69) is 103 Å². The molecule has 0 aliphatic rings. The zero-order chi connectivity index (χ0) is 17.3. The maximum atomic E-state index is 4.66. The van der Waals surface area contributed by atoms with Gasteiger partial charge in [-0.15, -0.1) is 0 Å². The van der Waals surface area contributed by atoms with Crippen LogP contribution in [0.4, 0.5) is 0 Å². The lowest BCUT2D eigenvalue weighted by Gasteiger charge is -2.32. The smallest absolute Gasteiger partial charge is 0.0172 e. The molecule has 0 aromatic heterocycles. The van der Waals surface area contributed by atoms with Crippen molar-refractivity contribution in [3.63, 3.8) is 0 Å². The van der Waals surface area contributed by atoms with Gasteiger partial charge in [0.05, 0.1) is 0 Å². The lowest BCUT2D eigenvalue weighted by atomic mass is 9.73. The second-order valence-corrected chi connectivity index (χ2v) is 8.30. The average molecular weight is 327 g/mol. The molecule has 0 saturated carbocycles. The van der Waals surface area contributed by atoms with Crippen molar-refractivity contribution in [3.8, 4) is 0 Å². The van der Waals surface area contributed by atoms with Crippen molar-refractivity contribution in [2.45, 2.75) is 64.0 Å². The Labute approximate surface area is 147 Å². The van der Waals surface area contributed by atoms with Crippen LogP contribution in [-0.2, 0) is 10.8 Å². The van der Waals surface area contributed by atoms with Gasteiger partial charge in [0.25, 0.3) is 0 Å². The quantitative estimate of drug-likeness (QED) is 0.612. The zero-order valence-corrected chi connectivity index (χ0v) is 16.2. The Morgan fingerprint density at radius 1 is 0.826 bits per heavy atom. The first kappa shape index (κ1) is 18.1. The zero-order valence-electron chi connectivity index (χ0n) is 15.4. The fraction of sp³-hybridized carbons (Fsp3) is 0.455. The van der Waals surface area contributed by atoms with E-state index in [4.69, 9.17) is 0 Å². The van der Waals surface area contributed by atoms with Crippen molar-refractivity contribution < 1.29 is 0 Å². The highest BCUT2D eigenvalue weighted by atomic mass is 32.1. The fourth-order valence-electron chi connectivity index (χ4n) is 3.01. The van der Waals surface area contributed by atoms with Gasteiger partial charge in [-0.2, -0.15) is 12.6 Å². The van der Waals surface area contributed by atoms with Gasteiger partial charge in [-0.25, -0.2) is 0 Å². The molecule has 0 nitrogen and oxygen atoms in total. The second-order valence-electron chi connectivity index (χ2n) is 7.53. The van der Waals surface area contributed by atoms with E-state index in [0.29, 0.717) is 5.25 Å². The summed E-state index contributed by atoms with van der Waals surface area (Å²) >= 11 is 4.66. The number of hydrogen-bond donors (Lipinski definition) is 1. The van der Waals surface area contributed by atoms with Gasteiger partial charge >= 0.3 is 0 Å². The van der Waals surface area contributed by atoms with Crippen LogP contribution < -0.4 is 0 Å². The number of benzene rings is 2. The molecule has 2 aromatic carbocycles. The van der Waals surface area contributed by atoms with Crippen LogP contribution in [0.3, 0.4) is 0 Å². The monoisotopic (exact) mass is 326 g/mol. The van der Waals surface area contributed by atoms with Crippen LogP contribution in [0.2, 0.25) is 0 Å². The second kappa shape index (κ2) is 6.73. The van der Waals surface area contributed by atoms with Crippen molar-refractivity contribution in [1.29, 1.82) is 0 Å². The van der Waals surface area contributed by atoms with Crippen LogP contribution in [0.5, 0.6) is 0 Å². The van der Waals surface area contributed by atoms with E-state index in [1.54, 1.807) is 0 Å². The molecule has 2 rings (SSSR count). The Balaban J connectivity index is 2.41. The minimum absolute atomic E-state index is 0.0585. The van der Waals surface area contributed by atoms with Crippen molar-refractivity contribution >= 4 is 12.6 Å². The minimum atomic E-state index is 0.0585. The Morgan fingerprint density at radius 3 is 1.61 bits per heavy atom. The van der Waals surface area contributed by atoms with Gasteiger partial charge in [-0.05, 0) is 30.0 Å². The highest BCUT2D eigenvalue weighted by Crippen LogP contribution is 2.37. The number of rotatable bonds is 5. The van der Waals surface area contributed by atoms with Gasteiger partial charge < -0.3 is 0 Å². The molecule has 23 heavy (non-hydrogen) atoms. The largest absolute Gasteiger partial charge is 0.175 e. The van der Waals surface area contributed by atoms with Gasteiger partial charge in [0.1, 0.15) is 0 Å². The first-order chi connectivity index (χ1) is 10.7. The van der Waals surface area contributed by atoms with Gasteiger partial charge in [-0.1, -0.05) is 88.7 Å². The summed E-state index contributed by atoms with van der Waals surface area (Å²) in [6.45, 7) is 13.5. The molecule has 124 valence electrons. The summed E-state index contributed by atoms with van der Waals surface area (Å²) in [4.78, 5) is 0. The minimum Gasteiger partial charge on any atom is -0.175 e. The molecule has 2 unspecified atom stereocenters. The molecule has 0 bridgehead atoms. The molecule has 0 aliphatic carbocycles. The number of hydrogen-bond acceptors (Lipinski definition) is 1. The molecular formula is C22H30S. The summed E-state index contributed by atoms with van der Waals surface area (Å²) in [6.07, 6.45) is 1.09. The molecule has 0 fully saturated rings. The lowest BCUT2D eigenvalue weighted by molar-refractivity contribution is 0.519. The molecule has 2 aromatic rings. The average Bonchev–Trinajstić information content (AvgIpc) is 2.54. The molecule has 0 radical (unpaired) electrons. The van der Waals surface area contributed by atoms with Crippen LogP contribution in [0.15, 0.2) is 48.5 Å². The molecule has 0 saturated heterocycles. The highest BCUT2D eigenvalue weighted by molar-refractivity contribution is 7.81. The Kier molecular flexibility index (Phi) is 5.30. The van der Waals surface area contributed by atoms with E-state index in [1.165, 1.54) is 22.3 Å². The van der Waals surface area contributed by atoms with E-state index in [1.807, 2.05) is 0 Å². The van der Waals surface area contributed by atoms with E-state index < -0.39 is 0 Å². The van der Waals surface area contributed by atoms with Crippen molar-refractivity contribution in [2.75, 3.05) is 0 Å². The first-order valence-electron chi connectivity index (χ1n) is 8.58. The summed E-state index contributed by atoms with van der Waals surface area (Å²) in [5, 5.41) is 0.322. The summed E-state index contributed by atoms with van der Waals surface area (Å²) in [6, 6.07) is 18.1. The van der Waals surface area contributed by atoms with Gasteiger partial charge in [0, 0.05) is 16.1 Å². The lowest BCUT2D eigenvalue weighted by Crippen LogP contribution is -2.28. The highest BCUT2D eigenvalue weighted by Gasteiger charge is 2.29. The molecular weight excluding hydrogens is 296 g/mol. The normalized spacial score (nSPS) is 16.0. The van der Waals surface area contributed by atoms with Crippen molar-refractivity contribution in [3.05, 3.63) is 70.8 Å². The fourth-order valence-corrected chi connectivity index (χ4v) is 3.15. The van der Waals surface area contributed by atoms with E-state index in [0.717, 1.165) is 6.42 Å². The summed E-state index contributed by atoms with van der Waals surface area (Å²) in [5.41, 5.74) is 5.57. The van der Waals surface area contributed by atoms with Crippen LogP contribution in [-0.4, -0.2) is 5.25 Å². The predicted octanol–water partition coefficient (Wildman–Crippen LogP) is 6.31. The molecule has 0 N–H and O–H groups in total. The third kappa shape index (κ3) is 3.50. The summed E-state index contributed by atoms with van der Waals surface area (Å²) in [7, 11) is 0. The molecule has 1 heteroatoms. The SMILES string of the molecule is CCC(C)(c1ccc(C)cc1)c1ccc(C(C)(C)C(C)S)cc1. The molecule has 0 spiro atoms. The predicted molar refractivity (Wildman–Crippen MR) is 106 cm³/mol. The molecule has 0 amide bonds. The summed E-state index contributed by atoms with van der Waals surface area (Å²) < 4.78 is 0. The molecule has 0 aliphatic heterocycles. The number of aryl methyl sites for hydroxylation is 1. The van der Waals surface area contributed by atoms with Crippen LogP contribution in [0.1, 0.15) is 63.3 Å². The van der Waals surface area contributed by atoms with Crippen LogP contribution >= 0.6 is 12.6 Å². The Bertz CT molecular complexity index is 635. The molecule has 2 atom stereocenters. The topological polar surface area (TPSA) is 0 Å². The van der Waals surface area contributed by atoms with E-state index >= 15 is 0 Å². The summed E-state index contributed by atoms with van der Waals surface area (Å²) in [5.74, 6) is 0. The van der Waals surface area contributed by atoms with E-state index in [-0.39, 0.29) is 10.8 Å². The third-order valence-electron chi connectivity index (χ3n) is 5.71. The van der Waals surface area contributed by atoms with Gasteiger partial charge in [0.2, 0.25) is 0 Å². The Morgan fingerprint density at radius 2 is 1.22 bits per heavy atom. The standard InChI is InChI=1S/C22H30S/c1-7-22(6,19-10-8-16(2)9-11-19)20-14-12-18(13-15-20)21(4,5)17(3)23/h8-15,17,23H,7H2,1-6H3. The van der Waals surface area contributed by atoms with Gasteiger partial charge in [-0.3, -0.25) is 0 Å². The van der Waals surface area contributed by atoms with E-state index in [9.17, 15) is 0 Å². The van der Waals surface area contributed by atoms with Crippen molar-refractivity contribution in [2.24, 2.45) is 0 Å². The van der Waals surface area contributed by atoms with Crippen LogP contribution in [0, 0.1) is 6.92 Å². The Hall–Kier alpha value is -1.21. The van der Waals surface area contributed by atoms with Crippen LogP contribution in [0.25, 0.3) is 0 Å². The maximum absolute atomic E-state index is 4.66. The first-order valence-corrected chi connectivity index (χ1v) is 9.09. The third-order valence-corrected chi connectivity index (χ3v) is 6.35.